The van der Waals surface area contributed by atoms with E-state index < -0.39 is 0 Å². The summed E-state index contributed by atoms with van der Waals surface area (Å²) in [6.45, 7) is 1.96. The van der Waals surface area contributed by atoms with Gasteiger partial charge in [-0.25, -0.2) is 4.98 Å². The van der Waals surface area contributed by atoms with Gasteiger partial charge in [0.2, 0.25) is 5.91 Å². The lowest BCUT2D eigenvalue weighted by molar-refractivity contribution is -0.111. The van der Waals surface area contributed by atoms with Crippen LogP contribution < -0.4 is 20.1 Å². The van der Waals surface area contributed by atoms with Crippen molar-refractivity contribution in [3.8, 4) is 17.6 Å². The average molecular weight is 469 g/mol. The Morgan fingerprint density at radius 2 is 1.97 bits per heavy atom. The maximum absolute atomic E-state index is 12.8. The summed E-state index contributed by atoms with van der Waals surface area (Å²) in [7, 11) is 1.62. The van der Waals surface area contributed by atoms with Gasteiger partial charge >= 0.3 is 0 Å². The second-order valence-corrected chi connectivity index (χ2v) is 8.44. The number of ether oxygens (including phenoxy) is 2. The molecule has 35 heavy (non-hydrogen) atoms. The van der Waals surface area contributed by atoms with Gasteiger partial charge in [-0.15, -0.1) is 0 Å². The molecule has 0 unspecified atom stereocenters. The molecule has 2 aromatic carbocycles. The molecule has 1 fully saturated rings. The molecule has 0 saturated heterocycles. The smallest absolute Gasteiger partial charge is 0.248 e. The van der Waals surface area contributed by atoms with Crippen molar-refractivity contribution in [3.05, 3.63) is 77.5 Å². The number of nitrogens with one attached hydrogen (secondary N) is 2. The lowest BCUT2D eigenvalue weighted by Crippen LogP contribution is -2.13. The number of aromatic nitrogens is 1. The number of hydrogen-bond donors (Lipinski definition) is 2. The lowest BCUT2D eigenvalue weighted by atomic mass is 10.1. The van der Waals surface area contributed by atoms with Crippen molar-refractivity contribution < 1.29 is 14.3 Å². The first-order valence-electron chi connectivity index (χ1n) is 11.6. The molecule has 0 radical (unpaired) electrons. The summed E-state index contributed by atoms with van der Waals surface area (Å²) in [5.74, 6) is 1.61. The Morgan fingerprint density at radius 1 is 1.14 bits per heavy atom. The molecule has 7 nitrogen and oxygen atoms in total. The molecule has 4 rings (SSSR count). The fraction of sp³-hybridized carbons (Fsp3) is 0.250. The first kappa shape index (κ1) is 23.8. The molecule has 1 saturated carbocycles. The highest BCUT2D eigenvalue weighted by Gasteiger charge is 2.20. The normalized spacial score (nSPS) is 13.4. The van der Waals surface area contributed by atoms with Crippen molar-refractivity contribution in [1.29, 1.82) is 5.26 Å². The van der Waals surface area contributed by atoms with E-state index in [9.17, 15) is 4.79 Å². The van der Waals surface area contributed by atoms with Crippen LogP contribution in [0.25, 0.3) is 6.08 Å². The number of aryl methyl sites for hydroxylation is 1. The number of hydrogen-bond acceptors (Lipinski definition) is 6. The fourth-order valence-electron chi connectivity index (χ4n) is 4.01. The standard InChI is InChI=1S/C28H28N4O3/c1-19-10-13-23(31-26-14-11-20(17-29)18-30-26)24(16-19)32-27(33)15-12-21-6-5-9-25(34-2)28(21)35-22-7-3-4-8-22/h5-6,9-16,18,22H,3-4,7-8H2,1-2H3,(H,30,31)(H,32,33)/b15-12+. The summed E-state index contributed by atoms with van der Waals surface area (Å²) in [6, 6.07) is 16.8. The predicted octanol–water partition coefficient (Wildman–Crippen LogP) is 5.99. The van der Waals surface area contributed by atoms with Gasteiger partial charge in [-0.1, -0.05) is 18.2 Å². The molecule has 1 aromatic heterocycles. The first-order chi connectivity index (χ1) is 17.1. The Bertz CT molecular complexity index is 1260. The minimum absolute atomic E-state index is 0.170. The van der Waals surface area contributed by atoms with E-state index in [1.54, 1.807) is 25.3 Å². The van der Waals surface area contributed by atoms with Crippen molar-refractivity contribution in [1.82, 2.24) is 4.98 Å². The molecule has 1 heterocycles. The zero-order chi connectivity index (χ0) is 24.6. The third kappa shape index (κ3) is 6.18. The number of nitrogens with zero attached hydrogens (tertiary/aromatic N) is 2. The van der Waals surface area contributed by atoms with Crippen molar-refractivity contribution in [3.63, 3.8) is 0 Å². The van der Waals surface area contributed by atoms with Gasteiger partial charge in [0.05, 0.1) is 30.2 Å². The Hall–Kier alpha value is -4.31. The van der Waals surface area contributed by atoms with Gasteiger partial charge in [0.25, 0.3) is 0 Å². The molecule has 0 bridgehead atoms. The zero-order valence-corrected chi connectivity index (χ0v) is 19.9. The van der Waals surface area contributed by atoms with Gasteiger partial charge in [-0.05, 0) is 74.6 Å². The molecule has 1 aliphatic rings. The van der Waals surface area contributed by atoms with Crippen LogP contribution in [0.15, 0.2) is 60.8 Å². The Kier molecular flexibility index (Phi) is 7.63. The van der Waals surface area contributed by atoms with Crippen LogP contribution in [-0.4, -0.2) is 24.1 Å². The minimum atomic E-state index is -0.277. The highest BCUT2D eigenvalue weighted by molar-refractivity contribution is 6.04. The monoisotopic (exact) mass is 468 g/mol. The van der Waals surface area contributed by atoms with Gasteiger partial charge in [0, 0.05) is 17.8 Å². The molecule has 1 aliphatic carbocycles. The van der Waals surface area contributed by atoms with Crippen LogP contribution in [0.4, 0.5) is 17.2 Å². The Morgan fingerprint density at radius 3 is 2.69 bits per heavy atom. The first-order valence-corrected chi connectivity index (χ1v) is 11.6. The van der Waals surface area contributed by atoms with Crippen molar-refractivity contribution in [2.24, 2.45) is 0 Å². The minimum Gasteiger partial charge on any atom is -0.493 e. The third-order valence-electron chi connectivity index (χ3n) is 5.82. The maximum atomic E-state index is 12.8. The second kappa shape index (κ2) is 11.2. The summed E-state index contributed by atoms with van der Waals surface area (Å²) in [5, 5.41) is 15.1. The second-order valence-electron chi connectivity index (χ2n) is 8.44. The van der Waals surface area contributed by atoms with Crippen LogP contribution in [0.5, 0.6) is 11.5 Å². The van der Waals surface area contributed by atoms with Gasteiger partial charge in [-0.2, -0.15) is 5.26 Å². The number of anilines is 3. The van der Waals surface area contributed by atoms with Crippen LogP contribution in [0.2, 0.25) is 0 Å². The topological polar surface area (TPSA) is 96.3 Å². The van der Waals surface area contributed by atoms with E-state index >= 15 is 0 Å². The maximum Gasteiger partial charge on any atom is 0.248 e. The molecule has 2 N–H and O–H groups in total. The molecule has 0 aliphatic heterocycles. The SMILES string of the molecule is COc1cccc(/C=C/C(=O)Nc2cc(C)ccc2Nc2ccc(C#N)cn2)c1OC1CCCC1. The summed E-state index contributed by atoms with van der Waals surface area (Å²) < 4.78 is 11.8. The predicted molar refractivity (Wildman–Crippen MR) is 137 cm³/mol. The number of methoxy groups -OCH3 is 1. The summed E-state index contributed by atoms with van der Waals surface area (Å²) >= 11 is 0. The summed E-state index contributed by atoms with van der Waals surface area (Å²) in [6.07, 6.45) is 9.28. The van der Waals surface area contributed by atoms with Crippen molar-refractivity contribution >= 4 is 29.2 Å². The summed E-state index contributed by atoms with van der Waals surface area (Å²) in [4.78, 5) is 17.1. The van der Waals surface area contributed by atoms with Crippen LogP contribution in [-0.2, 0) is 4.79 Å². The van der Waals surface area contributed by atoms with Crippen LogP contribution >= 0.6 is 0 Å². The molecule has 1 amide bonds. The van der Waals surface area contributed by atoms with Gasteiger partial charge in [0.15, 0.2) is 11.5 Å². The number of nitriles is 1. The Balaban J connectivity index is 1.51. The highest BCUT2D eigenvalue weighted by Crippen LogP contribution is 2.35. The van der Waals surface area contributed by atoms with E-state index in [1.807, 2.05) is 49.4 Å². The number of pyridine rings is 1. The molecular weight excluding hydrogens is 440 g/mol. The number of carbonyl (C=O) groups excluding carboxylic acids is 1. The summed E-state index contributed by atoms with van der Waals surface area (Å²) in [5.41, 5.74) is 3.59. The largest absolute Gasteiger partial charge is 0.493 e. The van der Waals surface area contributed by atoms with E-state index in [0.717, 1.165) is 36.8 Å². The van der Waals surface area contributed by atoms with Gasteiger partial charge in [-0.3, -0.25) is 4.79 Å². The molecule has 7 heteroatoms. The fourth-order valence-corrected chi connectivity index (χ4v) is 4.01. The number of amides is 1. The quantitative estimate of drug-likeness (QED) is 0.394. The van der Waals surface area contributed by atoms with Crippen molar-refractivity contribution in [2.45, 2.75) is 38.7 Å². The number of benzene rings is 2. The van der Waals surface area contributed by atoms with E-state index in [2.05, 4.69) is 15.6 Å². The van der Waals surface area contributed by atoms with E-state index in [1.165, 1.54) is 12.3 Å². The number of carbonyl (C=O) groups is 1. The van der Waals surface area contributed by atoms with Crippen LogP contribution in [0.1, 0.15) is 42.4 Å². The molecule has 178 valence electrons. The average Bonchev–Trinajstić information content (AvgIpc) is 3.38. The van der Waals surface area contributed by atoms with Gasteiger partial charge in [0.1, 0.15) is 11.9 Å². The van der Waals surface area contributed by atoms with E-state index in [0.29, 0.717) is 34.3 Å². The van der Waals surface area contributed by atoms with Crippen LogP contribution in [0.3, 0.4) is 0 Å². The third-order valence-corrected chi connectivity index (χ3v) is 5.82. The van der Waals surface area contributed by atoms with Crippen molar-refractivity contribution in [2.75, 3.05) is 17.7 Å². The lowest BCUT2D eigenvalue weighted by Gasteiger charge is -2.18. The van der Waals surface area contributed by atoms with Crippen LogP contribution in [0, 0.1) is 18.3 Å². The molecule has 0 spiro atoms. The number of para-hydroxylation sites is 1. The highest BCUT2D eigenvalue weighted by atomic mass is 16.5. The van der Waals surface area contributed by atoms with E-state index in [4.69, 9.17) is 14.7 Å². The Labute approximate surface area is 205 Å². The molecule has 0 atom stereocenters. The number of rotatable bonds is 8. The van der Waals surface area contributed by atoms with E-state index in [-0.39, 0.29) is 12.0 Å². The molecule has 3 aromatic rings. The zero-order valence-electron chi connectivity index (χ0n) is 19.9. The molecular formula is C28H28N4O3. The van der Waals surface area contributed by atoms with Gasteiger partial charge < -0.3 is 20.1 Å².